The van der Waals surface area contributed by atoms with E-state index in [-0.39, 0.29) is 25.4 Å². The molecule has 0 unspecified atom stereocenters. The number of nitrogens with one attached hydrogen (secondary N) is 1. The summed E-state index contributed by atoms with van der Waals surface area (Å²) in [5.41, 5.74) is 1.58. The number of halogens is 3. The lowest BCUT2D eigenvalue weighted by atomic mass is 10.1. The predicted octanol–water partition coefficient (Wildman–Crippen LogP) is 4.50. The van der Waals surface area contributed by atoms with Gasteiger partial charge in [-0.1, -0.05) is 29.8 Å². The van der Waals surface area contributed by atoms with Crippen LogP contribution in [-0.2, 0) is 15.8 Å². The van der Waals surface area contributed by atoms with Crippen LogP contribution in [0.5, 0.6) is 5.75 Å². The molecule has 2 rings (SSSR count). The Morgan fingerprint density at radius 3 is 2.23 bits per heavy atom. The van der Waals surface area contributed by atoms with Gasteiger partial charge >= 0.3 is 6.18 Å². The summed E-state index contributed by atoms with van der Waals surface area (Å²) in [6, 6.07) is 8.58. The van der Waals surface area contributed by atoms with Gasteiger partial charge in [0.1, 0.15) is 5.75 Å². The molecule has 0 aliphatic carbocycles. The van der Waals surface area contributed by atoms with Gasteiger partial charge in [-0.3, -0.25) is 9.59 Å². The first-order valence-electron chi connectivity index (χ1n) is 9.47. The molecule has 0 aliphatic rings. The van der Waals surface area contributed by atoms with E-state index >= 15 is 0 Å². The lowest BCUT2D eigenvalue weighted by molar-refractivity contribution is -0.138. The number of carbonyl (C=O) groups excluding carboxylic acids is 2. The third-order valence-electron chi connectivity index (χ3n) is 4.52. The van der Waals surface area contributed by atoms with Gasteiger partial charge in [-0.05, 0) is 51.0 Å². The highest BCUT2D eigenvalue weighted by Crippen LogP contribution is 2.34. The van der Waals surface area contributed by atoms with Crippen LogP contribution in [0.4, 0.5) is 18.9 Å². The van der Waals surface area contributed by atoms with E-state index in [1.165, 1.54) is 23.1 Å². The standard InChI is InChI=1S/C22H25F3N2O3/c1-5-27(20(29)13-30-21-15(3)10-14(2)11-16(21)4)12-19(28)26-18-9-7-6-8-17(18)22(23,24)25/h6-11H,5,12-13H2,1-4H3,(H,26,28). The quantitative estimate of drug-likeness (QED) is 0.715. The van der Waals surface area contributed by atoms with Gasteiger partial charge in [-0.15, -0.1) is 0 Å². The Bertz CT molecular complexity index is 903. The fourth-order valence-corrected chi connectivity index (χ4v) is 3.20. The molecule has 1 N–H and O–H groups in total. The number of ether oxygens (including phenoxy) is 1. The van der Waals surface area contributed by atoms with Crippen molar-refractivity contribution in [2.24, 2.45) is 0 Å². The van der Waals surface area contributed by atoms with Crippen LogP contribution in [0.1, 0.15) is 29.2 Å². The molecule has 30 heavy (non-hydrogen) atoms. The van der Waals surface area contributed by atoms with Crippen molar-refractivity contribution in [1.82, 2.24) is 4.90 Å². The van der Waals surface area contributed by atoms with Crippen molar-refractivity contribution in [2.45, 2.75) is 33.9 Å². The van der Waals surface area contributed by atoms with E-state index in [1.807, 2.05) is 32.9 Å². The summed E-state index contributed by atoms with van der Waals surface area (Å²) in [6.45, 7) is 6.95. The number of likely N-dealkylation sites (N-methyl/N-ethyl adjacent to an activating group) is 1. The van der Waals surface area contributed by atoms with Crippen molar-refractivity contribution in [1.29, 1.82) is 0 Å². The van der Waals surface area contributed by atoms with Crippen LogP contribution in [-0.4, -0.2) is 36.4 Å². The van der Waals surface area contributed by atoms with Crippen LogP contribution >= 0.6 is 0 Å². The number of hydrogen-bond donors (Lipinski definition) is 1. The minimum Gasteiger partial charge on any atom is -0.483 e. The molecule has 2 aromatic rings. The highest BCUT2D eigenvalue weighted by Gasteiger charge is 2.33. The lowest BCUT2D eigenvalue weighted by Crippen LogP contribution is -2.40. The molecular weight excluding hydrogens is 397 g/mol. The smallest absolute Gasteiger partial charge is 0.418 e. The highest BCUT2D eigenvalue weighted by molar-refractivity contribution is 5.95. The number of amides is 2. The van der Waals surface area contributed by atoms with Crippen molar-refractivity contribution >= 4 is 17.5 Å². The predicted molar refractivity (Wildman–Crippen MR) is 108 cm³/mol. The summed E-state index contributed by atoms with van der Waals surface area (Å²) < 4.78 is 44.9. The minimum atomic E-state index is -4.60. The topological polar surface area (TPSA) is 58.6 Å². The van der Waals surface area contributed by atoms with Crippen LogP contribution < -0.4 is 10.1 Å². The maximum absolute atomic E-state index is 13.1. The third-order valence-corrected chi connectivity index (χ3v) is 4.52. The van der Waals surface area contributed by atoms with E-state index in [4.69, 9.17) is 4.74 Å². The van der Waals surface area contributed by atoms with Crippen molar-refractivity contribution in [3.63, 3.8) is 0 Å². The van der Waals surface area contributed by atoms with E-state index in [0.717, 1.165) is 22.8 Å². The molecule has 8 heteroatoms. The SMILES string of the molecule is CCN(CC(=O)Nc1ccccc1C(F)(F)F)C(=O)COc1c(C)cc(C)cc1C. The molecule has 0 bridgehead atoms. The second-order valence-corrected chi connectivity index (χ2v) is 7.02. The van der Waals surface area contributed by atoms with Crippen LogP contribution in [0.3, 0.4) is 0 Å². The number of anilines is 1. The average Bonchev–Trinajstić information content (AvgIpc) is 2.64. The second-order valence-electron chi connectivity index (χ2n) is 7.02. The molecule has 0 aliphatic heterocycles. The van der Waals surface area contributed by atoms with E-state index < -0.39 is 23.6 Å². The molecule has 0 saturated carbocycles. The summed E-state index contributed by atoms with van der Waals surface area (Å²) in [7, 11) is 0. The Balaban J connectivity index is 2.02. The summed E-state index contributed by atoms with van der Waals surface area (Å²) >= 11 is 0. The molecule has 0 spiro atoms. The number of benzene rings is 2. The lowest BCUT2D eigenvalue weighted by Gasteiger charge is -2.22. The van der Waals surface area contributed by atoms with Crippen molar-refractivity contribution in [3.8, 4) is 5.75 Å². The first-order valence-corrected chi connectivity index (χ1v) is 9.47. The van der Waals surface area contributed by atoms with Gasteiger partial charge in [0.25, 0.3) is 5.91 Å². The van der Waals surface area contributed by atoms with E-state index in [9.17, 15) is 22.8 Å². The maximum Gasteiger partial charge on any atom is 0.418 e. The average molecular weight is 422 g/mol. The third kappa shape index (κ3) is 5.98. The summed E-state index contributed by atoms with van der Waals surface area (Å²) in [5, 5.41) is 2.24. The normalized spacial score (nSPS) is 11.2. The Morgan fingerprint density at radius 1 is 1.07 bits per heavy atom. The Morgan fingerprint density at radius 2 is 1.67 bits per heavy atom. The number of rotatable bonds is 7. The molecule has 0 heterocycles. The monoisotopic (exact) mass is 422 g/mol. The molecule has 0 fully saturated rings. The van der Waals surface area contributed by atoms with Crippen LogP contribution in [0, 0.1) is 20.8 Å². The molecule has 0 saturated heterocycles. The fraction of sp³-hybridized carbons (Fsp3) is 0.364. The number of alkyl halides is 3. The van der Waals surface area contributed by atoms with E-state index in [1.54, 1.807) is 6.92 Å². The van der Waals surface area contributed by atoms with Crippen LogP contribution in [0.15, 0.2) is 36.4 Å². The molecular formula is C22H25F3N2O3. The van der Waals surface area contributed by atoms with Crippen molar-refractivity contribution < 1.29 is 27.5 Å². The molecule has 2 aromatic carbocycles. The van der Waals surface area contributed by atoms with Gasteiger partial charge < -0.3 is 15.0 Å². The fourth-order valence-electron chi connectivity index (χ4n) is 3.20. The number of hydrogen-bond acceptors (Lipinski definition) is 3. The zero-order valence-electron chi connectivity index (χ0n) is 17.4. The van der Waals surface area contributed by atoms with Crippen molar-refractivity contribution in [3.05, 3.63) is 58.7 Å². The van der Waals surface area contributed by atoms with Gasteiger partial charge in [0, 0.05) is 6.54 Å². The minimum absolute atomic E-state index is 0.211. The summed E-state index contributed by atoms with van der Waals surface area (Å²) in [5.74, 6) is -0.547. The Kier molecular flexibility index (Phi) is 7.48. The van der Waals surface area contributed by atoms with Gasteiger partial charge in [-0.2, -0.15) is 13.2 Å². The second kappa shape index (κ2) is 9.65. The van der Waals surface area contributed by atoms with E-state index in [0.29, 0.717) is 5.75 Å². The Hall–Kier alpha value is -3.03. The summed E-state index contributed by atoms with van der Waals surface area (Å²) in [6.07, 6.45) is -4.60. The van der Waals surface area contributed by atoms with Gasteiger partial charge in [0.05, 0.1) is 17.8 Å². The zero-order chi connectivity index (χ0) is 22.5. The molecule has 0 aromatic heterocycles. The number of para-hydroxylation sites is 1. The number of nitrogens with zero attached hydrogens (tertiary/aromatic N) is 1. The van der Waals surface area contributed by atoms with Gasteiger partial charge in [0.15, 0.2) is 6.61 Å². The van der Waals surface area contributed by atoms with Gasteiger partial charge in [0.2, 0.25) is 5.91 Å². The zero-order valence-corrected chi connectivity index (χ0v) is 17.4. The number of aryl methyl sites for hydroxylation is 3. The first kappa shape index (κ1) is 23.3. The van der Waals surface area contributed by atoms with Crippen LogP contribution in [0.25, 0.3) is 0 Å². The molecule has 0 radical (unpaired) electrons. The molecule has 0 atom stereocenters. The molecule has 5 nitrogen and oxygen atoms in total. The molecule has 162 valence electrons. The van der Waals surface area contributed by atoms with Gasteiger partial charge in [-0.25, -0.2) is 0 Å². The van der Waals surface area contributed by atoms with Crippen molar-refractivity contribution in [2.75, 3.05) is 25.0 Å². The number of carbonyl (C=O) groups is 2. The Labute approximate surface area is 173 Å². The summed E-state index contributed by atoms with van der Waals surface area (Å²) in [4.78, 5) is 26.0. The van der Waals surface area contributed by atoms with Crippen LogP contribution in [0.2, 0.25) is 0 Å². The largest absolute Gasteiger partial charge is 0.483 e. The highest BCUT2D eigenvalue weighted by atomic mass is 19.4. The van der Waals surface area contributed by atoms with E-state index in [2.05, 4.69) is 5.32 Å². The maximum atomic E-state index is 13.1. The first-order chi connectivity index (χ1) is 14.0. The molecule has 2 amide bonds.